The van der Waals surface area contributed by atoms with E-state index >= 15 is 0 Å². The van der Waals surface area contributed by atoms with Crippen LogP contribution in [0.1, 0.15) is 45.2 Å². The molecule has 0 aliphatic carbocycles. The maximum absolute atomic E-state index is 6.05. The molecule has 1 fully saturated rings. The topological polar surface area (TPSA) is 52.1 Å². The van der Waals surface area contributed by atoms with Crippen molar-refractivity contribution < 1.29 is 4.74 Å². The molecule has 6 nitrogen and oxygen atoms in total. The summed E-state index contributed by atoms with van der Waals surface area (Å²) in [7, 11) is 4.18. The summed E-state index contributed by atoms with van der Waals surface area (Å²) in [6, 6.07) is 8.73. The molecule has 1 aromatic carbocycles. The van der Waals surface area contributed by atoms with Crippen molar-refractivity contribution in [1.29, 1.82) is 0 Å². The Bertz CT molecular complexity index is 627. The standard InChI is InChI=1S/C23H40ClN5O/c1-6-25-23(26-17-22(28(4)5)19-7-9-20(24)10-8-19)27-21-11-13-29(14-12-21)15-16-30-18(2)3/h7-10,18,21-22H,6,11-17H2,1-5H3,(H2,25,26,27). The second kappa shape index (κ2) is 13.2. The van der Waals surface area contributed by atoms with Gasteiger partial charge in [-0.15, -0.1) is 0 Å². The third-order valence-corrected chi connectivity index (χ3v) is 5.68. The van der Waals surface area contributed by atoms with Crippen molar-refractivity contribution in [1.82, 2.24) is 20.4 Å². The van der Waals surface area contributed by atoms with Gasteiger partial charge in [-0.05, 0) is 65.4 Å². The first-order valence-electron chi connectivity index (χ1n) is 11.2. The van der Waals surface area contributed by atoms with Crippen LogP contribution in [0.15, 0.2) is 29.3 Å². The quantitative estimate of drug-likeness (QED) is 0.434. The lowest BCUT2D eigenvalue weighted by molar-refractivity contribution is 0.0532. The molecule has 2 N–H and O–H groups in total. The average Bonchev–Trinajstić information content (AvgIpc) is 2.70. The molecule has 1 unspecified atom stereocenters. The number of ether oxygens (including phenoxy) is 1. The molecule has 2 rings (SSSR count). The minimum absolute atomic E-state index is 0.209. The van der Waals surface area contributed by atoms with Crippen LogP contribution in [0.25, 0.3) is 0 Å². The van der Waals surface area contributed by atoms with Gasteiger partial charge in [-0.25, -0.2) is 0 Å². The summed E-state index contributed by atoms with van der Waals surface area (Å²) in [5.74, 6) is 0.903. The number of hydrogen-bond acceptors (Lipinski definition) is 4. The molecular weight excluding hydrogens is 398 g/mol. The SMILES string of the molecule is CCNC(=NCC(c1ccc(Cl)cc1)N(C)C)NC1CCN(CCOC(C)C)CC1. The molecule has 1 saturated heterocycles. The number of likely N-dealkylation sites (N-methyl/N-ethyl adjacent to an activating group) is 1. The number of aliphatic imine (C=N–C) groups is 1. The van der Waals surface area contributed by atoms with Crippen LogP contribution in [0.3, 0.4) is 0 Å². The zero-order chi connectivity index (χ0) is 21.9. The highest BCUT2D eigenvalue weighted by Crippen LogP contribution is 2.21. The molecule has 1 atom stereocenters. The Kier molecular flexibility index (Phi) is 10.9. The number of benzene rings is 1. The van der Waals surface area contributed by atoms with Gasteiger partial charge in [0, 0.05) is 37.2 Å². The Morgan fingerprint density at radius 3 is 2.47 bits per heavy atom. The Hall–Kier alpha value is -1.34. The van der Waals surface area contributed by atoms with Crippen molar-refractivity contribution in [2.75, 3.05) is 53.4 Å². The zero-order valence-corrected chi connectivity index (χ0v) is 20.1. The van der Waals surface area contributed by atoms with E-state index in [0.29, 0.717) is 18.7 Å². The third-order valence-electron chi connectivity index (χ3n) is 5.43. The number of guanidine groups is 1. The molecule has 1 heterocycles. The number of halogens is 1. The number of hydrogen-bond donors (Lipinski definition) is 2. The number of piperidine rings is 1. The van der Waals surface area contributed by atoms with Gasteiger partial charge in [0.1, 0.15) is 0 Å². The van der Waals surface area contributed by atoms with Gasteiger partial charge in [-0.1, -0.05) is 23.7 Å². The molecule has 0 spiro atoms. The molecule has 7 heteroatoms. The van der Waals surface area contributed by atoms with Crippen molar-refractivity contribution in [3.05, 3.63) is 34.9 Å². The summed E-state index contributed by atoms with van der Waals surface area (Å²) in [5.41, 5.74) is 1.22. The van der Waals surface area contributed by atoms with Gasteiger partial charge >= 0.3 is 0 Å². The molecule has 1 aliphatic rings. The smallest absolute Gasteiger partial charge is 0.191 e. The normalized spacial score (nSPS) is 17.5. The van der Waals surface area contributed by atoms with E-state index < -0.39 is 0 Å². The predicted octanol–water partition coefficient (Wildman–Crippen LogP) is 3.39. The van der Waals surface area contributed by atoms with Crippen LogP contribution in [0, 0.1) is 0 Å². The third kappa shape index (κ3) is 8.80. The molecule has 0 amide bonds. The second-order valence-corrected chi connectivity index (χ2v) is 8.87. The van der Waals surface area contributed by atoms with Crippen LogP contribution in [0.5, 0.6) is 0 Å². The number of rotatable bonds is 10. The van der Waals surface area contributed by atoms with Crippen molar-refractivity contribution in [3.63, 3.8) is 0 Å². The number of nitrogens with one attached hydrogen (secondary N) is 2. The monoisotopic (exact) mass is 437 g/mol. The highest BCUT2D eigenvalue weighted by atomic mass is 35.5. The zero-order valence-electron chi connectivity index (χ0n) is 19.3. The van der Waals surface area contributed by atoms with Gasteiger partial charge in [0.05, 0.1) is 25.3 Å². The maximum atomic E-state index is 6.05. The van der Waals surface area contributed by atoms with E-state index in [2.05, 4.69) is 67.4 Å². The van der Waals surface area contributed by atoms with E-state index in [1.165, 1.54) is 5.56 Å². The van der Waals surface area contributed by atoms with Crippen molar-refractivity contribution in [3.8, 4) is 0 Å². The highest BCUT2D eigenvalue weighted by molar-refractivity contribution is 6.30. The fourth-order valence-electron chi connectivity index (χ4n) is 3.66. The van der Waals surface area contributed by atoms with E-state index in [1.54, 1.807) is 0 Å². The van der Waals surface area contributed by atoms with E-state index in [4.69, 9.17) is 21.3 Å². The van der Waals surface area contributed by atoms with Crippen LogP contribution in [0.2, 0.25) is 5.02 Å². The summed E-state index contributed by atoms with van der Waals surface area (Å²) in [5, 5.41) is 7.82. The van der Waals surface area contributed by atoms with Gasteiger partial charge in [0.2, 0.25) is 0 Å². The fraction of sp³-hybridized carbons (Fsp3) is 0.696. The van der Waals surface area contributed by atoms with Gasteiger partial charge in [-0.3, -0.25) is 4.99 Å². The van der Waals surface area contributed by atoms with E-state index in [0.717, 1.165) is 56.6 Å². The summed E-state index contributed by atoms with van der Waals surface area (Å²) >= 11 is 6.05. The largest absolute Gasteiger partial charge is 0.377 e. The first-order valence-corrected chi connectivity index (χ1v) is 11.6. The Morgan fingerprint density at radius 2 is 1.90 bits per heavy atom. The first kappa shape index (κ1) is 24.9. The van der Waals surface area contributed by atoms with E-state index in [-0.39, 0.29) is 6.04 Å². The number of likely N-dealkylation sites (tertiary alicyclic amines) is 1. The van der Waals surface area contributed by atoms with Gasteiger partial charge in [0.25, 0.3) is 0 Å². The minimum atomic E-state index is 0.209. The Morgan fingerprint density at radius 1 is 1.23 bits per heavy atom. The molecule has 0 bridgehead atoms. The average molecular weight is 438 g/mol. The fourth-order valence-corrected chi connectivity index (χ4v) is 3.79. The van der Waals surface area contributed by atoms with Crippen LogP contribution in [-0.2, 0) is 4.74 Å². The maximum Gasteiger partial charge on any atom is 0.191 e. The van der Waals surface area contributed by atoms with Crippen LogP contribution >= 0.6 is 11.6 Å². The highest BCUT2D eigenvalue weighted by Gasteiger charge is 2.20. The molecular formula is C23H40ClN5O. The van der Waals surface area contributed by atoms with Crippen molar-refractivity contribution in [2.45, 2.75) is 51.8 Å². The van der Waals surface area contributed by atoms with E-state index in [1.807, 2.05) is 12.1 Å². The molecule has 170 valence electrons. The van der Waals surface area contributed by atoms with Gasteiger partial charge in [0.15, 0.2) is 5.96 Å². The molecule has 1 aromatic rings. The Balaban J connectivity index is 1.88. The summed E-state index contributed by atoms with van der Waals surface area (Å²) < 4.78 is 5.69. The molecule has 1 aliphatic heterocycles. The van der Waals surface area contributed by atoms with Crippen molar-refractivity contribution >= 4 is 17.6 Å². The summed E-state index contributed by atoms with van der Waals surface area (Å²) in [6.07, 6.45) is 2.56. The Labute approximate surface area is 188 Å². The van der Waals surface area contributed by atoms with Crippen LogP contribution in [-0.4, -0.2) is 81.3 Å². The molecule has 30 heavy (non-hydrogen) atoms. The van der Waals surface area contributed by atoms with Crippen LogP contribution in [0.4, 0.5) is 0 Å². The summed E-state index contributed by atoms with van der Waals surface area (Å²) in [6.45, 7) is 11.9. The second-order valence-electron chi connectivity index (χ2n) is 8.43. The lowest BCUT2D eigenvalue weighted by Gasteiger charge is -2.33. The summed E-state index contributed by atoms with van der Waals surface area (Å²) in [4.78, 5) is 9.60. The minimum Gasteiger partial charge on any atom is -0.377 e. The van der Waals surface area contributed by atoms with Crippen molar-refractivity contribution in [2.24, 2.45) is 4.99 Å². The molecule has 0 saturated carbocycles. The number of nitrogens with zero attached hydrogens (tertiary/aromatic N) is 3. The predicted molar refractivity (Wildman–Crippen MR) is 128 cm³/mol. The first-order chi connectivity index (χ1) is 14.4. The van der Waals surface area contributed by atoms with Gasteiger partial charge in [-0.2, -0.15) is 0 Å². The molecule has 0 aromatic heterocycles. The molecule has 0 radical (unpaired) electrons. The lowest BCUT2D eigenvalue weighted by atomic mass is 10.1. The van der Waals surface area contributed by atoms with Gasteiger partial charge < -0.3 is 25.2 Å². The van der Waals surface area contributed by atoms with Crippen LogP contribution < -0.4 is 10.6 Å². The van der Waals surface area contributed by atoms with E-state index in [9.17, 15) is 0 Å². The lowest BCUT2D eigenvalue weighted by Crippen LogP contribution is -2.49.